The molecule has 0 unspecified atom stereocenters. The van der Waals surface area contributed by atoms with Gasteiger partial charge in [-0.3, -0.25) is 9.69 Å². The van der Waals surface area contributed by atoms with Crippen LogP contribution in [-0.2, 0) is 28.9 Å². The van der Waals surface area contributed by atoms with E-state index < -0.39 is 0 Å². The summed E-state index contributed by atoms with van der Waals surface area (Å²) in [6.07, 6.45) is 1.06. The summed E-state index contributed by atoms with van der Waals surface area (Å²) in [7, 11) is 0. The number of thiophene rings is 1. The molecule has 2 aromatic carbocycles. The van der Waals surface area contributed by atoms with Crippen molar-refractivity contribution >= 4 is 39.0 Å². The Morgan fingerprint density at radius 3 is 2.73 bits per heavy atom. The quantitative estimate of drug-likeness (QED) is 0.588. The highest BCUT2D eigenvalue weighted by Crippen LogP contribution is 2.37. The van der Waals surface area contributed by atoms with Gasteiger partial charge in [-0.1, -0.05) is 49.4 Å². The smallest absolute Gasteiger partial charge is 0.341 e. The highest BCUT2D eigenvalue weighted by molar-refractivity contribution is 7.17. The second-order valence-electron chi connectivity index (χ2n) is 7.41. The molecule has 0 aliphatic carbocycles. The SMILES string of the molecule is CCOC(=O)c1c(NC(=O)Cc2cccc3ccccc23)sc2c1CCN(CC)C2. The molecule has 0 fully saturated rings. The Hall–Kier alpha value is -2.70. The van der Waals surface area contributed by atoms with Crippen LogP contribution in [-0.4, -0.2) is 36.5 Å². The monoisotopic (exact) mass is 422 g/mol. The Balaban J connectivity index is 1.61. The lowest BCUT2D eigenvalue weighted by atomic mass is 10.0. The van der Waals surface area contributed by atoms with E-state index in [0.29, 0.717) is 17.2 Å². The molecule has 0 bridgehead atoms. The normalized spacial score (nSPS) is 13.8. The first-order chi connectivity index (χ1) is 14.6. The first kappa shape index (κ1) is 20.6. The Labute approximate surface area is 180 Å². The van der Waals surface area contributed by atoms with Crippen LogP contribution in [0, 0.1) is 0 Å². The number of nitrogens with one attached hydrogen (secondary N) is 1. The van der Waals surface area contributed by atoms with Gasteiger partial charge in [-0.25, -0.2) is 4.79 Å². The number of likely N-dealkylation sites (N-methyl/N-ethyl adjacent to an activating group) is 1. The predicted molar refractivity (Wildman–Crippen MR) is 121 cm³/mol. The van der Waals surface area contributed by atoms with Gasteiger partial charge in [0.05, 0.1) is 18.6 Å². The highest BCUT2D eigenvalue weighted by Gasteiger charge is 2.29. The van der Waals surface area contributed by atoms with Crippen LogP contribution in [0.25, 0.3) is 10.8 Å². The Kier molecular flexibility index (Phi) is 6.16. The maximum Gasteiger partial charge on any atom is 0.341 e. The fraction of sp³-hybridized carbons (Fsp3) is 0.333. The van der Waals surface area contributed by atoms with E-state index in [1.165, 1.54) is 11.3 Å². The molecule has 30 heavy (non-hydrogen) atoms. The van der Waals surface area contributed by atoms with E-state index in [1.807, 2.05) is 42.5 Å². The summed E-state index contributed by atoms with van der Waals surface area (Å²) in [6, 6.07) is 14.0. The number of ether oxygens (including phenoxy) is 1. The number of rotatable bonds is 6. The maximum atomic E-state index is 12.9. The van der Waals surface area contributed by atoms with Gasteiger partial charge >= 0.3 is 5.97 Å². The molecule has 5 nitrogen and oxygen atoms in total. The van der Waals surface area contributed by atoms with Gasteiger partial charge in [-0.2, -0.15) is 0 Å². The molecule has 3 aromatic rings. The number of fused-ring (bicyclic) bond motifs is 2. The van der Waals surface area contributed by atoms with Gasteiger partial charge in [0.1, 0.15) is 5.00 Å². The highest BCUT2D eigenvalue weighted by atomic mass is 32.1. The fourth-order valence-electron chi connectivity index (χ4n) is 4.02. The zero-order valence-electron chi connectivity index (χ0n) is 17.4. The van der Waals surface area contributed by atoms with Crippen molar-refractivity contribution in [1.29, 1.82) is 0 Å². The number of benzene rings is 2. The van der Waals surface area contributed by atoms with E-state index in [0.717, 1.165) is 52.8 Å². The molecule has 1 aliphatic rings. The Bertz CT molecular complexity index is 1080. The lowest BCUT2D eigenvalue weighted by Gasteiger charge is -2.25. The van der Waals surface area contributed by atoms with Crippen LogP contribution in [0.2, 0.25) is 0 Å². The van der Waals surface area contributed by atoms with Crippen LogP contribution in [0.15, 0.2) is 42.5 Å². The van der Waals surface area contributed by atoms with Crippen molar-refractivity contribution in [3.05, 3.63) is 64.0 Å². The molecule has 0 saturated carbocycles. The van der Waals surface area contributed by atoms with E-state index in [2.05, 4.69) is 17.1 Å². The van der Waals surface area contributed by atoms with Gasteiger partial charge in [0.25, 0.3) is 0 Å². The summed E-state index contributed by atoms with van der Waals surface area (Å²) in [6.45, 7) is 6.94. The molecule has 1 amide bonds. The summed E-state index contributed by atoms with van der Waals surface area (Å²) in [5, 5.41) is 5.81. The number of carbonyl (C=O) groups excluding carboxylic acids is 2. The van der Waals surface area contributed by atoms with Crippen LogP contribution in [0.4, 0.5) is 5.00 Å². The van der Waals surface area contributed by atoms with Crippen molar-refractivity contribution in [3.63, 3.8) is 0 Å². The first-order valence-corrected chi connectivity index (χ1v) is 11.2. The minimum atomic E-state index is -0.347. The average Bonchev–Trinajstić information content (AvgIpc) is 3.10. The van der Waals surface area contributed by atoms with Gasteiger partial charge in [-0.05, 0) is 41.8 Å². The molecule has 4 rings (SSSR count). The fourth-order valence-corrected chi connectivity index (χ4v) is 5.32. The van der Waals surface area contributed by atoms with Crippen LogP contribution < -0.4 is 5.32 Å². The van der Waals surface area contributed by atoms with E-state index in [9.17, 15) is 9.59 Å². The molecular weight excluding hydrogens is 396 g/mol. The van der Waals surface area contributed by atoms with Crippen molar-refractivity contribution < 1.29 is 14.3 Å². The van der Waals surface area contributed by atoms with E-state index in [1.54, 1.807) is 6.92 Å². The topological polar surface area (TPSA) is 58.6 Å². The third-order valence-electron chi connectivity index (χ3n) is 5.55. The summed E-state index contributed by atoms with van der Waals surface area (Å²) in [5.74, 6) is -0.469. The number of amides is 1. The first-order valence-electron chi connectivity index (χ1n) is 10.4. The van der Waals surface area contributed by atoms with Gasteiger partial charge in [0.15, 0.2) is 0 Å². The molecule has 0 atom stereocenters. The zero-order chi connectivity index (χ0) is 21.1. The number of hydrogen-bond acceptors (Lipinski definition) is 5. The van der Waals surface area contributed by atoms with Crippen LogP contribution >= 0.6 is 11.3 Å². The summed E-state index contributed by atoms with van der Waals surface area (Å²) < 4.78 is 5.31. The Morgan fingerprint density at radius 2 is 1.93 bits per heavy atom. The number of nitrogens with zero attached hydrogens (tertiary/aromatic N) is 1. The molecule has 1 aliphatic heterocycles. The summed E-state index contributed by atoms with van der Waals surface area (Å²) in [4.78, 5) is 29.1. The van der Waals surface area contributed by atoms with Crippen molar-refractivity contribution in [2.45, 2.75) is 33.2 Å². The zero-order valence-corrected chi connectivity index (χ0v) is 18.2. The third kappa shape index (κ3) is 4.11. The average molecular weight is 423 g/mol. The summed E-state index contributed by atoms with van der Waals surface area (Å²) >= 11 is 1.50. The molecule has 0 saturated heterocycles. The number of hydrogen-bond donors (Lipinski definition) is 1. The largest absolute Gasteiger partial charge is 0.462 e. The number of anilines is 1. The minimum Gasteiger partial charge on any atom is -0.462 e. The van der Waals surface area contributed by atoms with Crippen molar-refractivity contribution in [2.75, 3.05) is 25.0 Å². The van der Waals surface area contributed by atoms with E-state index in [-0.39, 0.29) is 18.3 Å². The van der Waals surface area contributed by atoms with Gasteiger partial charge in [-0.15, -0.1) is 11.3 Å². The molecule has 0 spiro atoms. The second-order valence-corrected chi connectivity index (χ2v) is 8.52. The number of carbonyl (C=O) groups is 2. The van der Waals surface area contributed by atoms with Gasteiger partial charge in [0.2, 0.25) is 5.91 Å². The minimum absolute atomic E-state index is 0.122. The lowest BCUT2D eigenvalue weighted by Crippen LogP contribution is -2.30. The molecule has 0 radical (unpaired) electrons. The Morgan fingerprint density at radius 1 is 1.13 bits per heavy atom. The second kappa shape index (κ2) is 8.98. The standard InChI is InChI=1S/C24H26N2O3S/c1-3-26-13-12-19-20(15-26)30-23(22(19)24(28)29-4-2)25-21(27)14-17-10-7-9-16-8-5-6-11-18(16)17/h5-11H,3-4,12-15H2,1-2H3,(H,25,27). The third-order valence-corrected chi connectivity index (χ3v) is 6.68. The molecule has 2 heterocycles. The van der Waals surface area contributed by atoms with E-state index in [4.69, 9.17) is 4.74 Å². The molecule has 1 aromatic heterocycles. The van der Waals surface area contributed by atoms with Crippen LogP contribution in [0.3, 0.4) is 0 Å². The molecular formula is C24H26N2O3S. The lowest BCUT2D eigenvalue weighted by molar-refractivity contribution is -0.115. The van der Waals surface area contributed by atoms with Crippen LogP contribution in [0.1, 0.15) is 40.2 Å². The van der Waals surface area contributed by atoms with E-state index >= 15 is 0 Å². The molecule has 156 valence electrons. The van der Waals surface area contributed by atoms with Crippen molar-refractivity contribution in [1.82, 2.24) is 4.90 Å². The van der Waals surface area contributed by atoms with Crippen LogP contribution in [0.5, 0.6) is 0 Å². The van der Waals surface area contributed by atoms with Gasteiger partial charge < -0.3 is 10.1 Å². The van der Waals surface area contributed by atoms with Crippen molar-refractivity contribution in [3.8, 4) is 0 Å². The molecule has 6 heteroatoms. The maximum absolute atomic E-state index is 12.9. The number of esters is 1. The van der Waals surface area contributed by atoms with Gasteiger partial charge in [0, 0.05) is 18.0 Å². The molecule has 1 N–H and O–H groups in total. The van der Waals surface area contributed by atoms with Crippen molar-refractivity contribution in [2.24, 2.45) is 0 Å². The predicted octanol–water partition coefficient (Wildman–Crippen LogP) is 4.64. The summed E-state index contributed by atoms with van der Waals surface area (Å²) in [5.41, 5.74) is 2.55.